The largest absolute Gasteiger partial charge is 0.353 e. The molecule has 18 heavy (non-hydrogen) atoms. The maximum atomic E-state index is 12.3. The lowest BCUT2D eigenvalue weighted by Crippen LogP contribution is -2.48. The molecule has 0 bridgehead atoms. The van der Waals surface area contributed by atoms with Crippen molar-refractivity contribution in [3.05, 3.63) is 0 Å². The molecule has 1 saturated carbocycles. The van der Waals surface area contributed by atoms with Crippen LogP contribution < -0.4 is 11.1 Å². The van der Waals surface area contributed by atoms with E-state index in [1.54, 1.807) is 0 Å². The molecule has 0 spiro atoms. The van der Waals surface area contributed by atoms with Crippen LogP contribution >= 0.6 is 0 Å². The highest BCUT2D eigenvalue weighted by atomic mass is 16.2. The van der Waals surface area contributed by atoms with Gasteiger partial charge in [-0.1, -0.05) is 6.92 Å². The number of likely N-dealkylation sites (tertiary alicyclic amines) is 1. The third-order valence-corrected chi connectivity index (χ3v) is 4.64. The van der Waals surface area contributed by atoms with Gasteiger partial charge in [0.15, 0.2) is 0 Å². The van der Waals surface area contributed by atoms with Crippen LogP contribution in [0.4, 0.5) is 0 Å². The molecule has 1 aliphatic carbocycles. The van der Waals surface area contributed by atoms with Crippen LogP contribution in [0.3, 0.4) is 0 Å². The fourth-order valence-electron chi connectivity index (χ4n) is 3.18. The summed E-state index contributed by atoms with van der Waals surface area (Å²) < 4.78 is 0. The Morgan fingerprint density at radius 2 is 1.89 bits per heavy atom. The van der Waals surface area contributed by atoms with E-state index in [0.29, 0.717) is 12.0 Å². The molecular formula is C14H27N3O. The second-order valence-electron chi connectivity index (χ2n) is 6.24. The van der Waals surface area contributed by atoms with Crippen molar-refractivity contribution in [2.45, 2.75) is 51.1 Å². The van der Waals surface area contributed by atoms with Gasteiger partial charge in [0.05, 0.1) is 0 Å². The number of hydrogen-bond acceptors (Lipinski definition) is 3. The van der Waals surface area contributed by atoms with Crippen LogP contribution in [0.1, 0.15) is 39.0 Å². The van der Waals surface area contributed by atoms with Crippen molar-refractivity contribution in [2.75, 3.05) is 20.1 Å². The summed E-state index contributed by atoms with van der Waals surface area (Å²) in [7, 11) is 2.14. The van der Waals surface area contributed by atoms with E-state index in [0.717, 1.165) is 45.2 Å². The monoisotopic (exact) mass is 253 g/mol. The molecule has 0 aromatic rings. The Morgan fingerprint density at radius 3 is 2.56 bits per heavy atom. The van der Waals surface area contributed by atoms with Crippen LogP contribution in [-0.4, -0.2) is 43.0 Å². The van der Waals surface area contributed by atoms with Gasteiger partial charge in [0.25, 0.3) is 0 Å². The van der Waals surface area contributed by atoms with Gasteiger partial charge < -0.3 is 16.0 Å². The van der Waals surface area contributed by atoms with Crippen LogP contribution in [0.5, 0.6) is 0 Å². The van der Waals surface area contributed by atoms with E-state index in [2.05, 4.69) is 24.2 Å². The number of hydrogen-bond donors (Lipinski definition) is 2. The third kappa shape index (κ3) is 3.45. The highest BCUT2D eigenvalue weighted by Crippen LogP contribution is 2.29. The number of nitrogens with zero attached hydrogens (tertiary/aromatic N) is 1. The van der Waals surface area contributed by atoms with E-state index in [1.807, 2.05) is 0 Å². The fourth-order valence-corrected chi connectivity index (χ4v) is 3.18. The molecule has 2 rings (SSSR count). The number of carbonyl (C=O) groups excluding carboxylic acids is 1. The molecule has 1 aliphatic heterocycles. The summed E-state index contributed by atoms with van der Waals surface area (Å²) in [5.41, 5.74) is 5.99. The van der Waals surface area contributed by atoms with Crippen molar-refractivity contribution in [2.24, 2.45) is 17.6 Å². The van der Waals surface area contributed by atoms with Crippen LogP contribution in [-0.2, 0) is 4.79 Å². The summed E-state index contributed by atoms with van der Waals surface area (Å²) in [6, 6.07) is 0.591. The van der Waals surface area contributed by atoms with Gasteiger partial charge in [0, 0.05) is 18.0 Å². The highest BCUT2D eigenvalue weighted by Gasteiger charge is 2.32. The van der Waals surface area contributed by atoms with Crippen molar-refractivity contribution in [1.29, 1.82) is 0 Å². The van der Waals surface area contributed by atoms with Crippen molar-refractivity contribution in [1.82, 2.24) is 10.2 Å². The molecule has 1 amide bonds. The first-order chi connectivity index (χ1) is 8.56. The van der Waals surface area contributed by atoms with E-state index < -0.39 is 0 Å². The Labute approximate surface area is 110 Å². The lowest BCUT2D eigenvalue weighted by molar-refractivity contribution is -0.128. The Kier molecular flexibility index (Phi) is 4.62. The van der Waals surface area contributed by atoms with Gasteiger partial charge in [-0.05, 0) is 58.2 Å². The van der Waals surface area contributed by atoms with E-state index in [-0.39, 0.29) is 17.9 Å². The van der Waals surface area contributed by atoms with Gasteiger partial charge in [-0.2, -0.15) is 0 Å². The zero-order chi connectivity index (χ0) is 13.1. The predicted molar refractivity (Wildman–Crippen MR) is 73.1 cm³/mol. The first-order valence-electron chi connectivity index (χ1n) is 7.30. The fraction of sp³-hybridized carbons (Fsp3) is 0.929. The van der Waals surface area contributed by atoms with Gasteiger partial charge in [0.2, 0.25) is 5.91 Å². The molecule has 4 heteroatoms. The van der Waals surface area contributed by atoms with Crippen LogP contribution in [0.25, 0.3) is 0 Å². The van der Waals surface area contributed by atoms with E-state index in [9.17, 15) is 4.79 Å². The normalized spacial score (nSPS) is 35.4. The van der Waals surface area contributed by atoms with E-state index in [1.165, 1.54) is 0 Å². The number of carbonyl (C=O) groups is 1. The predicted octanol–water partition coefficient (Wildman–Crippen LogP) is 0.960. The summed E-state index contributed by atoms with van der Waals surface area (Å²) in [5.74, 6) is 0.858. The number of rotatable bonds is 2. The lowest BCUT2D eigenvalue weighted by Gasteiger charge is -2.34. The number of nitrogens with one attached hydrogen (secondary N) is 1. The van der Waals surface area contributed by atoms with Crippen LogP contribution in [0.2, 0.25) is 0 Å². The minimum absolute atomic E-state index is 0.133. The van der Waals surface area contributed by atoms with Crippen molar-refractivity contribution < 1.29 is 4.79 Å². The Hall–Kier alpha value is -0.610. The number of nitrogens with two attached hydrogens (primary N) is 1. The van der Waals surface area contributed by atoms with E-state index >= 15 is 0 Å². The van der Waals surface area contributed by atoms with E-state index in [4.69, 9.17) is 5.73 Å². The van der Waals surface area contributed by atoms with Crippen LogP contribution in [0.15, 0.2) is 0 Å². The zero-order valence-corrected chi connectivity index (χ0v) is 11.7. The van der Waals surface area contributed by atoms with Crippen molar-refractivity contribution in [3.63, 3.8) is 0 Å². The molecule has 0 radical (unpaired) electrons. The maximum absolute atomic E-state index is 12.3. The Balaban J connectivity index is 1.83. The Morgan fingerprint density at radius 1 is 1.22 bits per heavy atom. The SMILES string of the molecule is CC1CCC(N)CC1C(=O)NC1CCN(C)CC1. The third-order valence-electron chi connectivity index (χ3n) is 4.64. The molecule has 1 saturated heterocycles. The Bertz CT molecular complexity index is 287. The molecule has 3 N–H and O–H groups in total. The molecule has 0 aromatic heterocycles. The number of amides is 1. The summed E-state index contributed by atoms with van der Waals surface area (Å²) >= 11 is 0. The summed E-state index contributed by atoms with van der Waals surface area (Å²) in [6.45, 7) is 4.36. The average molecular weight is 253 g/mol. The molecular weight excluding hydrogens is 226 g/mol. The van der Waals surface area contributed by atoms with Crippen molar-refractivity contribution >= 4 is 5.91 Å². The maximum Gasteiger partial charge on any atom is 0.223 e. The quantitative estimate of drug-likeness (QED) is 0.770. The average Bonchev–Trinajstić information content (AvgIpc) is 2.35. The highest BCUT2D eigenvalue weighted by molar-refractivity contribution is 5.79. The smallest absolute Gasteiger partial charge is 0.223 e. The van der Waals surface area contributed by atoms with Gasteiger partial charge in [0.1, 0.15) is 0 Å². The lowest BCUT2D eigenvalue weighted by atomic mass is 9.77. The second-order valence-corrected chi connectivity index (χ2v) is 6.24. The van der Waals surface area contributed by atoms with Gasteiger partial charge in [-0.3, -0.25) is 4.79 Å². The minimum Gasteiger partial charge on any atom is -0.353 e. The van der Waals surface area contributed by atoms with Gasteiger partial charge >= 0.3 is 0 Å². The first kappa shape index (κ1) is 13.8. The molecule has 2 aliphatic rings. The molecule has 0 aromatic carbocycles. The summed E-state index contributed by atoms with van der Waals surface area (Å²) in [6.07, 6.45) is 5.18. The molecule has 104 valence electrons. The second kappa shape index (κ2) is 6.02. The summed E-state index contributed by atoms with van der Waals surface area (Å²) in [4.78, 5) is 14.6. The zero-order valence-electron chi connectivity index (χ0n) is 11.7. The van der Waals surface area contributed by atoms with Crippen molar-refractivity contribution in [3.8, 4) is 0 Å². The van der Waals surface area contributed by atoms with Gasteiger partial charge in [-0.25, -0.2) is 0 Å². The molecule has 3 unspecified atom stereocenters. The minimum atomic E-state index is 0.133. The molecule has 3 atom stereocenters. The topological polar surface area (TPSA) is 58.4 Å². The van der Waals surface area contributed by atoms with Gasteiger partial charge in [-0.15, -0.1) is 0 Å². The molecule has 1 heterocycles. The standard InChI is InChI=1S/C14H27N3O/c1-10-3-4-11(15)9-13(10)14(18)16-12-5-7-17(2)8-6-12/h10-13H,3-9,15H2,1-2H3,(H,16,18). The summed E-state index contributed by atoms with van der Waals surface area (Å²) in [5, 5.41) is 3.24. The van der Waals surface area contributed by atoms with Crippen LogP contribution in [0, 0.1) is 11.8 Å². The molecule has 4 nitrogen and oxygen atoms in total. The first-order valence-corrected chi connectivity index (χ1v) is 7.30. The molecule has 2 fully saturated rings. The number of piperidine rings is 1.